The fourth-order valence-corrected chi connectivity index (χ4v) is 2.36. The summed E-state index contributed by atoms with van der Waals surface area (Å²) in [5.74, 6) is 0. The van der Waals surface area contributed by atoms with Crippen molar-refractivity contribution in [1.82, 2.24) is 10.3 Å². The van der Waals surface area contributed by atoms with E-state index in [2.05, 4.69) is 22.4 Å². The number of hydrogen-bond donors (Lipinski definition) is 2. The van der Waals surface area contributed by atoms with Crippen LogP contribution in [0.5, 0.6) is 0 Å². The number of rotatable bonds is 3. The highest BCUT2D eigenvalue weighted by Gasteiger charge is 2.03. The maximum absolute atomic E-state index is 5.87. The zero-order valence-electron chi connectivity index (χ0n) is 7.80. The minimum Gasteiger partial charge on any atom is -0.357 e. The van der Waals surface area contributed by atoms with Gasteiger partial charge in [0, 0.05) is 12.2 Å². The first-order valence-corrected chi connectivity index (χ1v) is 5.57. The van der Waals surface area contributed by atoms with Crippen molar-refractivity contribution in [2.24, 2.45) is 0 Å². The van der Waals surface area contributed by atoms with Crippen molar-refractivity contribution in [3.8, 4) is 10.6 Å². The second kappa shape index (κ2) is 4.17. The van der Waals surface area contributed by atoms with E-state index in [-0.39, 0.29) is 0 Å². The molecule has 0 saturated carbocycles. The Bertz CT molecular complexity index is 419. The molecule has 14 heavy (non-hydrogen) atoms. The molecular weight excluding hydrogens is 216 g/mol. The topological polar surface area (TPSA) is 27.8 Å². The third-order valence-corrected chi connectivity index (χ3v) is 3.22. The zero-order chi connectivity index (χ0) is 9.97. The molecule has 0 amide bonds. The fraction of sp³-hybridized carbons (Fsp3) is 0.200. The Morgan fingerprint density at radius 1 is 1.36 bits per heavy atom. The smallest absolute Gasteiger partial charge is 0.0935 e. The van der Waals surface area contributed by atoms with Crippen molar-refractivity contribution in [3.05, 3.63) is 34.3 Å². The van der Waals surface area contributed by atoms with E-state index in [1.165, 1.54) is 10.6 Å². The van der Waals surface area contributed by atoms with E-state index < -0.39 is 0 Å². The van der Waals surface area contributed by atoms with Gasteiger partial charge in [-0.3, -0.25) is 0 Å². The first-order valence-electron chi connectivity index (χ1n) is 4.38. The molecule has 2 heterocycles. The van der Waals surface area contributed by atoms with Crippen LogP contribution >= 0.6 is 22.9 Å². The first-order chi connectivity index (χ1) is 6.79. The van der Waals surface area contributed by atoms with Gasteiger partial charge in [-0.2, -0.15) is 0 Å². The lowest BCUT2D eigenvalue weighted by molar-refractivity contribution is 0.798. The van der Waals surface area contributed by atoms with Gasteiger partial charge in [0.15, 0.2) is 0 Å². The van der Waals surface area contributed by atoms with Gasteiger partial charge in [0.25, 0.3) is 0 Å². The zero-order valence-corrected chi connectivity index (χ0v) is 9.38. The minimum atomic E-state index is 0.824. The summed E-state index contributed by atoms with van der Waals surface area (Å²) in [7, 11) is 1.93. The molecule has 2 rings (SSSR count). The molecule has 0 atom stereocenters. The van der Waals surface area contributed by atoms with E-state index in [4.69, 9.17) is 11.6 Å². The Morgan fingerprint density at radius 2 is 2.21 bits per heavy atom. The summed E-state index contributed by atoms with van der Waals surface area (Å²) in [6.45, 7) is 0.860. The molecule has 0 aliphatic carbocycles. The van der Waals surface area contributed by atoms with Crippen LogP contribution in [0.15, 0.2) is 24.3 Å². The molecule has 74 valence electrons. The van der Waals surface area contributed by atoms with Crippen LogP contribution < -0.4 is 5.32 Å². The van der Waals surface area contributed by atoms with Crippen LogP contribution in [0.1, 0.15) is 5.69 Å². The van der Waals surface area contributed by atoms with Gasteiger partial charge in [-0.1, -0.05) is 11.6 Å². The SMILES string of the molecule is CNCc1ccc(-c2ccc(Cl)s2)[nH]1. The lowest BCUT2D eigenvalue weighted by Gasteiger charge is -1.94. The highest BCUT2D eigenvalue weighted by Crippen LogP contribution is 2.30. The van der Waals surface area contributed by atoms with E-state index in [1.807, 2.05) is 19.2 Å². The number of hydrogen-bond acceptors (Lipinski definition) is 2. The maximum Gasteiger partial charge on any atom is 0.0935 e. The first kappa shape index (κ1) is 9.77. The lowest BCUT2D eigenvalue weighted by Crippen LogP contribution is -2.04. The number of thiophene rings is 1. The average Bonchev–Trinajstić information content (AvgIpc) is 2.74. The van der Waals surface area contributed by atoms with Gasteiger partial charge in [-0.15, -0.1) is 11.3 Å². The van der Waals surface area contributed by atoms with E-state index in [0.717, 1.165) is 16.6 Å². The Kier molecular flexibility index (Phi) is 2.91. The quantitative estimate of drug-likeness (QED) is 0.827. The summed E-state index contributed by atoms with van der Waals surface area (Å²) < 4.78 is 0.824. The highest BCUT2D eigenvalue weighted by molar-refractivity contribution is 7.19. The fourth-order valence-electron chi connectivity index (χ4n) is 1.34. The molecule has 2 aromatic heterocycles. The van der Waals surface area contributed by atoms with Gasteiger partial charge in [-0.05, 0) is 31.3 Å². The van der Waals surface area contributed by atoms with E-state index >= 15 is 0 Å². The van der Waals surface area contributed by atoms with E-state index in [9.17, 15) is 0 Å². The minimum absolute atomic E-state index is 0.824. The number of halogens is 1. The molecule has 0 aliphatic heterocycles. The number of aromatic nitrogens is 1. The molecule has 2 aromatic rings. The van der Waals surface area contributed by atoms with E-state index in [0.29, 0.717) is 0 Å². The number of aromatic amines is 1. The van der Waals surface area contributed by atoms with Crippen LogP contribution in [-0.2, 0) is 6.54 Å². The second-order valence-electron chi connectivity index (χ2n) is 3.03. The Morgan fingerprint density at radius 3 is 2.86 bits per heavy atom. The number of nitrogens with one attached hydrogen (secondary N) is 2. The van der Waals surface area contributed by atoms with Crippen LogP contribution in [0.4, 0.5) is 0 Å². The molecule has 0 bridgehead atoms. The molecule has 0 spiro atoms. The molecular formula is C10H11ClN2S. The van der Waals surface area contributed by atoms with E-state index in [1.54, 1.807) is 11.3 Å². The summed E-state index contributed by atoms with van der Waals surface area (Å²) >= 11 is 7.46. The average molecular weight is 227 g/mol. The van der Waals surface area contributed by atoms with Crippen LogP contribution in [0.25, 0.3) is 10.6 Å². The third-order valence-electron chi connectivity index (χ3n) is 1.95. The molecule has 0 radical (unpaired) electrons. The number of H-pyrrole nitrogens is 1. The van der Waals surface area contributed by atoms with Gasteiger partial charge < -0.3 is 10.3 Å². The van der Waals surface area contributed by atoms with Crippen molar-refractivity contribution in [2.45, 2.75) is 6.54 Å². The van der Waals surface area contributed by atoms with Crippen LogP contribution in [0, 0.1) is 0 Å². The molecule has 2 N–H and O–H groups in total. The second-order valence-corrected chi connectivity index (χ2v) is 4.75. The van der Waals surface area contributed by atoms with Gasteiger partial charge in [0.2, 0.25) is 0 Å². The summed E-state index contributed by atoms with van der Waals surface area (Å²) in [5.41, 5.74) is 2.32. The van der Waals surface area contributed by atoms with Crippen molar-refractivity contribution in [1.29, 1.82) is 0 Å². The lowest BCUT2D eigenvalue weighted by atomic mass is 10.3. The Balaban J connectivity index is 2.24. The van der Waals surface area contributed by atoms with Crippen molar-refractivity contribution in [3.63, 3.8) is 0 Å². The van der Waals surface area contributed by atoms with Crippen LogP contribution in [0.3, 0.4) is 0 Å². The molecule has 0 fully saturated rings. The summed E-state index contributed by atoms with van der Waals surface area (Å²) in [4.78, 5) is 4.51. The van der Waals surface area contributed by atoms with Crippen molar-refractivity contribution >= 4 is 22.9 Å². The maximum atomic E-state index is 5.87. The van der Waals surface area contributed by atoms with Gasteiger partial charge in [0.1, 0.15) is 0 Å². The molecule has 4 heteroatoms. The van der Waals surface area contributed by atoms with Gasteiger partial charge >= 0.3 is 0 Å². The molecule has 0 unspecified atom stereocenters. The van der Waals surface area contributed by atoms with Gasteiger partial charge in [-0.25, -0.2) is 0 Å². The molecule has 2 nitrogen and oxygen atoms in total. The largest absolute Gasteiger partial charge is 0.357 e. The molecule has 0 saturated heterocycles. The normalized spacial score (nSPS) is 10.7. The molecule has 0 aromatic carbocycles. The third kappa shape index (κ3) is 2.00. The summed E-state index contributed by atoms with van der Waals surface area (Å²) in [5, 5.41) is 3.10. The van der Waals surface area contributed by atoms with Crippen LogP contribution in [0.2, 0.25) is 4.34 Å². The standard InChI is InChI=1S/C10H11ClN2S/c1-12-6-7-2-3-8(13-7)9-4-5-10(11)14-9/h2-5,12-13H,6H2,1H3. The molecule has 0 aliphatic rings. The monoisotopic (exact) mass is 226 g/mol. The van der Waals surface area contributed by atoms with Gasteiger partial charge in [0.05, 0.1) is 14.9 Å². The summed E-state index contributed by atoms with van der Waals surface area (Å²) in [6.07, 6.45) is 0. The Hall–Kier alpha value is -0.770. The highest BCUT2D eigenvalue weighted by atomic mass is 35.5. The van der Waals surface area contributed by atoms with Crippen molar-refractivity contribution in [2.75, 3.05) is 7.05 Å². The van der Waals surface area contributed by atoms with Crippen molar-refractivity contribution < 1.29 is 0 Å². The predicted octanol–water partition coefficient (Wildman–Crippen LogP) is 3.12. The Labute approximate surface area is 91.9 Å². The van der Waals surface area contributed by atoms with Crippen LogP contribution in [-0.4, -0.2) is 12.0 Å². The summed E-state index contributed by atoms with van der Waals surface area (Å²) in [6, 6.07) is 8.11. The predicted molar refractivity (Wildman–Crippen MR) is 61.9 cm³/mol.